The summed E-state index contributed by atoms with van der Waals surface area (Å²) < 4.78 is 19.0. The van der Waals surface area contributed by atoms with E-state index < -0.39 is 18.0 Å². The van der Waals surface area contributed by atoms with Crippen LogP contribution in [0, 0.1) is 5.82 Å². The van der Waals surface area contributed by atoms with Gasteiger partial charge in [-0.25, -0.2) is 14.2 Å². The molecule has 0 saturated carbocycles. The van der Waals surface area contributed by atoms with E-state index in [9.17, 15) is 9.18 Å². The number of H-pyrrole nitrogens is 1. The second-order valence-corrected chi connectivity index (χ2v) is 4.40. The van der Waals surface area contributed by atoms with Crippen LogP contribution in [0.15, 0.2) is 30.6 Å². The van der Waals surface area contributed by atoms with Gasteiger partial charge in [0.2, 0.25) is 0 Å². The van der Waals surface area contributed by atoms with Gasteiger partial charge >= 0.3 is 6.09 Å². The number of ether oxygens (including phenoxy) is 1. The zero-order valence-electron chi connectivity index (χ0n) is 10.4. The topological polar surface area (TPSA) is 78.5 Å². The van der Waals surface area contributed by atoms with Crippen molar-refractivity contribution in [2.75, 3.05) is 18.1 Å². The van der Waals surface area contributed by atoms with Crippen molar-refractivity contribution in [3.63, 3.8) is 0 Å². The van der Waals surface area contributed by atoms with Crippen molar-refractivity contribution in [2.45, 2.75) is 6.10 Å². The summed E-state index contributed by atoms with van der Waals surface area (Å²) in [7, 11) is 0. The first-order chi connectivity index (χ1) is 9.69. The number of aliphatic hydroxyl groups is 1. The number of nitrogens with one attached hydrogen (secondary N) is 1. The molecule has 6 nitrogen and oxygen atoms in total. The Bertz CT molecular complexity index is 630. The Morgan fingerprint density at radius 2 is 2.40 bits per heavy atom. The molecule has 0 bridgehead atoms. The van der Waals surface area contributed by atoms with E-state index in [1.165, 1.54) is 17.2 Å². The fourth-order valence-corrected chi connectivity index (χ4v) is 2.10. The second-order valence-electron chi connectivity index (χ2n) is 4.40. The van der Waals surface area contributed by atoms with Crippen molar-refractivity contribution in [1.82, 2.24) is 9.97 Å². The van der Waals surface area contributed by atoms with E-state index in [4.69, 9.17) is 9.84 Å². The molecular weight excluding hydrogens is 265 g/mol. The number of hydrogen-bond donors (Lipinski definition) is 2. The first kappa shape index (κ1) is 12.6. The maximum Gasteiger partial charge on any atom is 0.414 e. The molecule has 2 heterocycles. The number of hydrogen-bond acceptors (Lipinski definition) is 4. The average Bonchev–Trinajstić information content (AvgIpc) is 3.07. The third kappa shape index (κ3) is 2.12. The Labute approximate surface area is 113 Å². The molecule has 7 heteroatoms. The Morgan fingerprint density at radius 3 is 3.00 bits per heavy atom. The van der Waals surface area contributed by atoms with Crippen LogP contribution in [0.1, 0.15) is 0 Å². The average molecular weight is 277 g/mol. The van der Waals surface area contributed by atoms with E-state index in [1.54, 1.807) is 18.3 Å². The van der Waals surface area contributed by atoms with Crippen molar-refractivity contribution in [3.05, 3.63) is 36.4 Å². The molecule has 1 amide bonds. The minimum Gasteiger partial charge on any atom is -0.441 e. The largest absolute Gasteiger partial charge is 0.441 e. The zero-order chi connectivity index (χ0) is 14.1. The smallest absolute Gasteiger partial charge is 0.414 e. The highest BCUT2D eigenvalue weighted by atomic mass is 19.1. The third-order valence-corrected chi connectivity index (χ3v) is 3.10. The fourth-order valence-electron chi connectivity index (χ4n) is 2.10. The molecule has 1 fully saturated rings. The monoisotopic (exact) mass is 277 g/mol. The molecule has 0 radical (unpaired) electrons. The van der Waals surface area contributed by atoms with E-state index in [1.807, 2.05) is 0 Å². The van der Waals surface area contributed by atoms with E-state index in [0.717, 1.165) is 0 Å². The summed E-state index contributed by atoms with van der Waals surface area (Å²) in [5.41, 5.74) is 0.712. The Kier molecular flexibility index (Phi) is 3.11. The maximum atomic E-state index is 14.1. The van der Waals surface area contributed by atoms with Crippen molar-refractivity contribution in [3.8, 4) is 11.4 Å². The van der Waals surface area contributed by atoms with Crippen LogP contribution < -0.4 is 4.90 Å². The molecular formula is C13H12FN3O3. The minimum absolute atomic E-state index is 0.203. The second kappa shape index (κ2) is 4.93. The van der Waals surface area contributed by atoms with E-state index >= 15 is 0 Å². The number of amides is 1. The molecule has 0 aliphatic carbocycles. The van der Waals surface area contributed by atoms with E-state index in [2.05, 4.69) is 9.97 Å². The number of imidazole rings is 1. The highest BCUT2D eigenvalue weighted by molar-refractivity contribution is 5.90. The number of carbonyl (C=O) groups excluding carboxylic acids is 1. The quantitative estimate of drug-likeness (QED) is 0.892. The van der Waals surface area contributed by atoms with Crippen molar-refractivity contribution < 1.29 is 19.0 Å². The van der Waals surface area contributed by atoms with Gasteiger partial charge in [-0.05, 0) is 18.2 Å². The van der Waals surface area contributed by atoms with Gasteiger partial charge in [-0.2, -0.15) is 0 Å². The summed E-state index contributed by atoms with van der Waals surface area (Å²) in [5.74, 6) is -0.0658. The number of aromatic amines is 1. The van der Waals surface area contributed by atoms with Gasteiger partial charge < -0.3 is 14.8 Å². The maximum absolute atomic E-state index is 14.1. The fraction of sp³-hybridized carbons (Fsp3) is 0.231. The lowest BCUT2D eigenvalue weighted by Gasteiger charge is -2.13. The van der Waals surface area contributed by atoms with Gasteiger partial charge in [-0.3, -0.25) is 4.90 Å². The first-order valence-corrected chi connectivity index (χ1v) is 6.07. The lowest BCUT2D eigenvalue weighted by Crippen LogP contribution is -2.25. The molecule has 1 saturated heterocycles. The lowest BCUT2D eigenvalue weighted by atomic mass is 10.1. The van der Waals surface area contributed by atoms with Gasteiger partial charge in [0.15, 0.2) is 0 Å². The van der Waals surface area contributed by atoms with Crippen LogP contribution in [-0.4, -0.2) is 40.4 Å². The van der Waals surface area contributed by atoms with Crippen LogP contribution in [0.5, 0.6) is 0 Å². The summed E-state index contributed by atoms with van der Waals surface area (Å²) in [6.45, 7) is -0.0515. The van der Waals surface area contributed by atoms with Crippen LogP contribution in [0.2, 0.25) is 0 Å². The predicted molar refractivity (Wildman–Crippen MR) is 68.7 cm³/mol. The number of nitrogens with zero attached hydrogens (tertiary/aromatic N) is 2. The third-order valence-electron chi connectivity index (χ3n) is 3.10. The van der Waals surface area contributed by atoms with Crippen LogP contribution in [0.4, 0.5) is 14.9 Å². The van der Waals surface area contributed by atoms with Gasteiger partial charge in [0.1, 0.15) is 17.7 Å². The molecule has 0 spiro atoms. The molecule has 0 unspecified atom stereocenters. The highest BCUT2D eigenvalue weighted by Crippen LogP contribution is 2.27. The zero-order valence-corrected chi connectivity index (χ0v) is 10.4. The van der Waals surface area contributed by atoms with Gasteiger partial charge in [0, 0.05) is 12.4 Å². The molecule has 3 rings (SSSR count). The van der Waals surface area contributed by atoms with Crippen molar-refractivity contribution >= 4 is 11.8 Å². The number of aromatic nitrogens is 2. The van der Waals surface area contributed by atoms with Gasteiger partial charge in [-0.1, -0.05) is 0 Å². The van der Waals surface area contributed by atoms with E-state index in [-0.39, 0.29) is 13.2 Å². The van der Waals surface area contributed by atoms with Crippen LogP contribution in [0.3, 0.4) is 0 Å². The summed E-state index contributed by atoms with van der Waals surface area (Å²) in [6, 6.07) is 4.41. The number of cyclic esters (lactones) is 1. The lowest BCUT2D eigenvalue weighted by molar-refractivity contribution is 0.0963. The number of halogens is 1. The molecule has 2 N–H and O–H groups in total. The Balaban J connectivity index is 1.89. The summed E-state index contributed by atoms with van der Waals surface area (Å²) in [6.07, 6.45) is 1.98. The minimum atomic E-state index is -0.589. The molecule has 1 aromatic heterocycles. The summed E-state index contributed by atoms with van der Waals surface area (Å²) >= 11 is 0. The molecule has 1 aromatic carbocycles. The van der Waals surface area contributed by atoms with Gasteiger partial charge in [-0.15, -0.1) is 0 Å². The van der Waals surface area contributed by atoms with Crippen molar-refractivity contribution in [1.29, 1.82) is 0 Å². The number of aliphatic hydroxyl groups excluding tert-OH is 1. The van der Waals surface area contributed by atoms with Crippen LogP contribution in [0.25, 0.3) is 11.4 Å². The summed E-state index contributed by atoms with van der Waals surface area (Å²) in [5, 5.41) is 8.98. The summed E-state index contributed by atoms with van der Waals surface area (Å²) in [4.78, 5) is 19.7. The molecule has 20 heavy (non-hydrogen) atoms. The number of rotatable bonds is 3. The molecule has 2 aromatic rings. The van der Waals surface area contributed by atoms with Crippen molar-refractivity contribution in [2.24, 2.45) is 0 Å². The van der Waals surface area contributed by atoms with Gasteiger partial charge in [0.05, 0.1) is 24.4 Å². The van der Waals surface area contributed by atoms with Crippen LogP contribution >= 0.6 is 0 Å². The Hall–Kier alpha value is -2.41. The standard InChI is InChI=1S/C13H12FN3O3/c14-11-5-8(17-6-9(7-18)20-13(17)19)1-2-10(11)12-15-3-4-16-12/h1-5,9,18H,6-7H2,(H,15,16)/t9-/m1/s1. The number of benzene rings is 1. The molecule has 1 aliphatic heterocycles. The number of anilines is 1. The van der Waals surface area contributed by atoms with E-state index in [0.29, 0.717) is 17.1 Å². The molecule has 1 aliphatic rings. The predicted octanol–water partition coefficient (Wildman–Crippen LogP) is 1.53. The Morgan fingerprint density at radius 1 is 1.55 bits per heavy atom. The molecule has 104 valence electrons. The van der Waals surface area contributed by atoms with Crippen LogP contribution in [-0.2, 0) is 4.74 Å². The van der Waals surface area contributed by atoms with Gasteiger partial charge in [0.25, 0.3) is 0 Å². The molecule has 1 atom stereocenters. The number of carbonyl (C=O) groups is 1. The first-order valence-electron chi connectivity index (χ1n) is 6.07. The SMILES string of the molecule is O=C1O[C@@H](CO)CN1c1ccc(-c2ncc[nH]2)c(F)c1. The highest BCUT2D eigenvalue weighted by Gasteiger charge is 2.32. The normalized spacial score (nSPS) is 18.4.